The lowest BCUT2D eigenvalue weighted by Crippen LogP contribution is -2.19. The van der Waals surface area contributed by atoms with E-state index >= 15 is 0 Å². The van der Waals surface area contributed by atoms with Crippen molar-refractivity contribution in [1.82, 2.24) is 14.6 Å². The zero-order valence-electron chi connectivity index (χ0n) is 7.08. The molecule has 2 heterocycles. The molecule has 1 aliphatic carbocycles. The molecule has 1 N–H and O–H groups in total. The molecule has 0 spiro atoms. The molecule has 0 radical (unpaired) electrons. The second kappa shape index (κ2) is 2.22. The predicted molar refractivity (Wildman–Crippen MR) is 47.8 cm³/mol. The molecule has 2 aromatic rings. The Hall–Kier alpha value is -1.58. The molecular weight excluding hydrogens is 166 g/mol. The third-order valence-corrected chi connectivity index (χ3v) is 2.56. The fourth-order valence-electron chi connectivity index (χ4n) is 1.93. The first kappa shape index (κ1) is 6.88. The molecule has 3 rings (SSSR count). The Morgan fingerprint density at radius 3 is 3.31 bits per heavy atom. The van der Waals surface area contributed by atoms with E-state index in [9.17, 15) is 4.79 Å². The van der Waals surface area contributed by atoms with E-state index in [1.165, 1.54) is 4.52 Å². The van der Waals surface area contributed by atoms with Crippen LogP contribution in [-0.2, 0) is 12.8 Å². The third kappa shape index (κ3) is 0.798. The number of aryl methyl sites for hydroxylation is 1. The fourth-order valence-corrected chi connectivity index (χ4v) is 1.93. The molecule has 1 aliphatic rings. The second-order valence-electron chi connectivity index (χ2n) is 3.35. The van der Waals surface area contributed by atoms with Gasteiger partial charge in [0.2, 0.25) is 0 Å². The molecule has 0 saturated carbocycles. The molecule has 0 aliphatic heterocycles. The number of fused-ring (bicyclic) bond motifs is 2. The summed E-state index contributed by atoms with van der Waals surface area (Å²) < 4.78 is 1.50. The summed E-state index contributed by atoms with van der Waals surface area (Å²) in [6, 6.07) is 1.82. The van der Waals surface area contributed by atoms with Crippen LogP contribution in [0.4, 0.5) is 0 Å². The van der Waals surface area contributed by atoms with Crippen LogP contribution in [-0.4, -0.2) is 14.6 Å². The van der Waals surface area contributed by atoms with Gasteiger partial charge in [-0.25, -0.2) is 9.50 Å². The number of aromatic nitrogens is 3. The summed E-state index contributed by atoms with van der Waals surface area (Å²) in [6.07, 6.45) is 4.62. The van der Waals surface area contributed by atoms with Crippen LogP contribution in [0.15, 0.2) is 17.1 Å². The van der Waals surface area contributed by atoms with E-state index in [4.69, 9.17) is 0 Å². The van der Waals surface area contributed by atoms with E-state index in [-0.39, 0.29) is 5.56 Å². The zero-order valence-corrected chi connectivity index (χ0v) is 7.08. The topological polar surface area (TPSA) is 50.2 Å². The van der Waals surface area contributed by atoms with E-state index in [1.807, 2.05) is 6.07 Å². The number of hydrogen-bond donors (Lipinski definition) is 1. The van der Waals surface area contributed by atoms with Crippen molar-refractivity contribution < 1.29 is 0 Å². The van der Waals surface area contributed by atoms with E-state index < -0.39 is 0 Å². The Morgan fingerprint density at radius 1 is 1.46 bits per heavy atom. The van der Waals surface area contributed by atoms with Crippen molar-refractivity contribution >= 4 is 5.65 Å². The molecule has 0 atom stereocenters. The minimum atomic E-state index is 0.0718. The smallest absolute Gasteiger partial charge is 0.276 e. The van der Waals surface area contributed by atoms with Gasteiger partial charge in [-0.1, -0.05) is 0 Å². The average Bonchev–Trinajstić information content (AvgIpc) is 2.71. The maximum Gasteiger partial charge on any atom is 0.276 e. The molecule has 4 nitrogen and oxygen atoms in total. The summed E-state index contributed by atoms with van der Waals surface area (Å²) in [7, 11) is 0. The number of rotatable bonds is 0. The number of nitrogens with zero attached hydrogens (tertiary/aromatic N) is 2. The minimum Gasteiger partial charge on any atom is -0.297 e. The van der Waals surface area contributed by atoms with Crippen LogP contribution in [0, 0.1) is 0 Å². The quantitative estimate of drug-likeness (QED) is 0.634. The predicted octanol–water partition coefficient (Wildman–Crippen LogP) is 0.511. The highest BCUT2D eigenvalue weighted by molar-refractivity contribution is 5.40. The molecular formula is C9H9N3O. The van der Waals surface area contributed by atoms with E-state index in [0.717, 1.165) is 36.2 Å². The molecule has 4 heteroatoms. The monoisotopic (exact) mass is 175 g/mol. The Morgan fingerprint density at radius 2 is 2.38 bits per heavy atom. The molecule has 0 amide bonds. The highest BCUT2D eigenvalue weighted by Crippen LogP contribution is 2.16. The van der Waals surface area contributed by atoms with Crippen LogP contribution >= 0.6 is 0 Å². The van der Waals surface area contributed by atoms with Crippen LogP contribution < -0.4 is 5.56 Å². The maximum atomic E-state index is 11.8. The van der Waals surface area contributed by atoms with E-state index in [2.05, 4.69) is 10.1 Å². The number of H-pyrrole nitrogens is 1. The molecule has 0 saturated heterocycles. The normalized spacial score (nSPS) is 15.1. The van der Waals surface area contributed by atoms with Gasteiger partial charge in [-0.2, -0.15) is 0 Å². The molecule has 2 aromatic heterocycles. The van der Waals surface area contributed by atoms with Crippen LogP contribution in [0.2, 0.25) is 0 Å². The Kier molecular flexibility index (Phi) is 1.17. The van der Waals surface area contributed by atoms with Gasteiger partial charge in [0.25, 0.3) is 5.56 Å². The molecule has 0 aromatic carbocycles. The Bertz CT molecular complexity index is 523. The molecule has 0 fully saturated rings. The zero-order chi connectivity index (χ0) is 8.84. The van der Waals surface area contributed by atoms with Gasteiger partial charge in [-0.05, 0) is 19.3 Å². The summed E-state index contributed by atoms with van der Waals surface area (Å²) in [5.74, 6) is 0. The lowest BCUT2D eigenvalue weighted by Gasteiger charge is -1.98. The van der Waals surface area contributed by atoms with Crippen molar-refractivity contribution in [3.8, 4) is 0 Å². The maximum absolute atomic E-state index is 11.8. The van der Waals surface area contributed by atoms with Gasteiger partial charge in [0.05, 0.1) is 5.69 Å². The van der Waals surface area contributed by atoms with Crippen LogP contribution in [0.1, 0.15) is 17.7 Å². The number of aromatic amines is 1. The van der Waals surface area contributed by atoms with Crippen LogP contribution in [0.3, 0.4) is 0 Å². The van der Waals surface area contributed by atoms with Gasteiger partial charge in [0.1, 0.15) is 0 Å². The summed E-state index contributed by atoms with van der Waals surface area (Å²) in [5, 5.41) is 2.86. The first-order valence-electron chi connectivity index (χ1n) is 4.44. The Balaban J connectivity index is 2.53. The minimum absolute atomic E-state index is 0.0718. The van der Waals surface area contributed by atoms with Crippen molar-refractivity contribution in [2.75, 3.05) is 0 Å². The van der Waals surface area contributed by atoms with Gasteiger partial charge >= 0.3 is 0 Å². The van der Waals surface area contributed by atoms with Crippen LogP contribution in [0.5, 0.6) is 0 Å². The summed E-state index contributed by atoms with van der Waals surface area (Å²) in [4.78, 5) is 16.2. The van der Waals surface area contributed by atoms with E-state index in [0.29, 0.717) is 0 Å². The van der Waals surface area contributed by atoms with Crippen molar-refractivity contribution in [1.29, 1.82) is 0 Å². The lowest BCUT2D eigenvalue weighted by atomic mass is 10.3. The molecule has 0 unspecified atom stereocenters. The summed E-state index contributed by atoms with van der Waals surface area (Å²) in [6.45, 7) is 0. The van der Waals surface area contributed by atoms with Gasteiger partial charge in [-0.3, -0.25) is 9.89 Å². The highest BCUT2D eigenvalue weighted by atomic mass is 16.1. The fraction of sp³-hybridized carbons (Fsp3) is 0.333. The van der Waals surface area contributed by atoms with Crippen molar-refractivity contribution in [3.05, 3.63) is 33.9 Å². The largest absolute Gasteiger partial charge is 0.297 e. The molecule has 66 valence electrons. The first-order chi connectivity index (χ1) is 6.36. The number of hydrogen-bond acceptors (Lipinski definition) is 2. The molecule has 13 heavy (non-hydrogen) atoms. The average molecular weight is 175 g/mol. The SMILES string of the molecule is O=c1c2c(nc3cc[nH]n13)CCC2. The van der Waals surface area contributed by atoms with Crippen molar-refractivity contribution in [2.45, 2.75) is 19.3 Å². The van der Waals surface area contributed by atoms with Gasteiger partial charge in [0, 0.05) is 17.8 Å². The van der Waals surface area contributed by atoms with Gasteiger partial charge in [-0.15, -0.1) is 0 Å². The lowest BCUT2D eigenvalue weighted by molar-refractivity contribution is 0.870. The van der Waals surface area contributed by atoms with Gasteiger partial charge < -0.3 is 0 Å². The van der Waals surface area contributed by atoms with Crippen LogP contribution in [0.25, 0.3) is 5.65 Å². The third-order valence-electron chi connectivity index (χ3n) is 2.56. The second-order valence-corrected chi connectivity index (χ2v) is 3.35. The van der Waals surface area contributed by atoms with Gasteiger partial charge in [0.15, 0.2) is 5.65 Å². The highest BCUT2D eigenvalue weighted by Gasteiger charge is 2.17. The van der Waals surface area contributed by atoms with E-state index in [1.54, 1.807) is 6.20 Å². The standard InChI is InChI=1S/C9H9N3O/c13-9-6-2-1-3-7(6)11-8-4-5-10-12(8)9/h4-5,10H,1-3H2. The first-order valence-corrected chi connectivity index (χ1v) is 4.44. The Labute approximate surface area is 74.2 Å². The number of nitrogens with one attached hydrogen (secondary N) is 1. The van der Waals surface area contributed by atoms with Crippen molar-refractivity contribution in [2.24, 2.45) is 0 Å². The summed E-state index contributed by atoms with van der Waals surface area (Å²) >= 11 is 0. The molecule has 0 bridgehead atoms. The van der Waals surface area contributed by atoms with Crippen molar-refractivity contribution in [3.63, 3.8) is 0 Å². The summed E-state index contributed by atoms with van der Waals surface area (Å²) in [5.41, 5.74) is 2.68.